The number of non-ortho nitro benzene ring substituents is 1. The molecule has 1 rings (SSSR count). The lowest BCUT2D eigenvalue weighted by atomic mass is 10.3. The van der Waals surface area contributed by atoms with Gasteiger partial charge >= 0.3 is 0 Å². The first-order valence-electron chi connectivity index (χ1n) is 4.28. The molecule has 0 aliphatic heterocycles. The maximum absolute atomic E-state index is 10.3. The molecule has 14 heavy (non-hydrogen) atoms. The fraction of sp³-hybridized carbons (Fsp3) is 0.333. The van der Waals surface area contributed by atoms with Crippen molar-refractivity contribution in [3.05, 3.63) is 34.4 Å². The Morgan fingerprint density at radius 1 is 1.43 bits per heavy atom. The van der Waals surface area contributed by atoms with Gasteiger partial charge in [-0.05, 0) is 18.6 Å². The van der Waals surface area contributed by atoms with Gasteiger partial charge in [-0.2, -0.15) is 0 Å². The monoisotopic (exact) mass is 213 g/mol. The molecule has 5 heteroatoms. The number of nitrogens with zero attached hydrogens (tertiary/aromatic N) is 1. The first-order valence-corrected chi connectivity index (χ1v) is 5.02. The van der Waals surface area contributed by atoms with Crippen LogP contribution in [0.25, 0.3) is 0 Å². The lowest BCUT2D eigenvalue weighted by Crippen LogP contribution is -1.87. The van der Waals surface area contributed by atoms with E-state index < -0.39 is 4.92 Å². The van der Waals surface area contributed by atoms with Gasteiger partial charge in [0.25, 0.3) is 5.69 Å². The summed E-state index contributed by atoms with van der Waals surface area (Å²) >= 11 is 1.24. The molecular weight excluding hydrogens is 202 g/mol. The van der Waals surface area contributed by atoms with Crippen LogP contribution in [0.5, 0.6) is 0 Å². The topological polar surface area (TPSA) is 52.4 Å². The minimum absolute atomic E-state index is 0.102. The number of hydrogen-bond donors (Lipinski definition) is 0. The number of benzene rings is 1. The summed E-state index contributed by atoms with van der Waals surface area (Å²) in [5, 5.41) is 10.3. The molecule has 0 atom stereocenters. The summed E-state index contributed by atoms with van der Waals surface area (Å²) in [5.41, 5.74) is 0.102. The van der Waals surface area contributed by atoms with Crippen LogP contribution < -0.4 is 0 Å². The molecule has 0 aromatic heterocycles. The van der Waals surface area contributed by atoms with E-state index in [1.807, 2.05) is 6.92 Å². The Balaban J connectivity index is 2.51. The summed E-state index contributed by atoms with van der Waals surface area (Å²) in [6.45, 7) is 2.71. The first-order chi connectivity index (χ1) is 6.74. The molecule has 0 amide bonds. The van der Waals surface area contributed by atoms with Gasteiger partial charge in [0.2, 0.25) is 0 Å². The first kappa shape index (κ1) is 11.0. The molecule has 1 aromatic carbocycles. The van der Waals surface area contributed by atoms with Crippen LogP contribution in [0.1, 0.15) is 13.3 Å². The molecule has 4 nitrogen and oxygen atoms in total. The van der Waals surface area contributed by atoms with E-state index in [-0.39, 0.29) is 5.69 Å². The molecule has 0 heterocycles. The minimum atomic E-state index is -0.415. The number of nitro groups is 1. The van der Waals surface area contributed by atoms with Crippen molar-refractivity contribution in [3.63, 3.8) is 0 Å². The lowest BCUT2D eigenvalue weighted by Gasteiger charge is -1.99. The predicted octanol–water partition coefficient (Wildman–Crippen LogP) is 3.03. The van der Waals surface area contributed by atoms with E-state index in [0.717, 1.165) is 11.3 Å². The summed E-state index contributed by atoms with van der Waals surface area (Å²) in [4.78, 5) is 10.8. The molecule has 0 fully saturated rings. The fourth-order valence-corrected chi connectivity index (χ4v) is 1.45. The van der Waals surface area contributed by atoms with Crippen molar-refractivity contribution in [1.29, 1.82) is 0 Å². The molecule has 0 aliphatic carbocycles. The second kappa shape index (κ2) is 5.62. The molecule has 0 radical (unpaired) electrons. The number of rotatable bonds is 5. The Bertz CT molecular complexity index is 299. The van der Waals surface area contributed by atoms with Gasteiger partial charge in [0.15, 0.2) is 0 Å². The zero-order valence-corrected chi connectivity index (χ0v) is 8.62. The summed E-state index contributed by atoms with van der Waals surface area (Å²) in [6.07, 6.45) is 0.958. The van der Waals surface area contributed by atoms with Crippen molar-refractivity contribution in [2.45, 2.75) is 18.2 Å². The Hall–Kier alpha value is -1.07. The predicted molar refractivity (Wildman–Crippen MR) is 55.2 cm³/mol. The Kier molecular flexibility index (Phi) is 4.42. The van der Waals surface area contributed by atoms with Gasteiger partial charge in [0, 0.05) is 29.1 Å². The summed E-state index contributed by atoms with van der Waals surface area (Å²) in [7, 11) is 0. The van der Waals surface area contributed by atoms with Crippen LogP contribution in [0.3, 0.4) is 0 Å². The lowest BCUT2D eigenvalue weighted by molar-refractivity contribution is -0.384. The standard InChI is InChI=1S/C9H11NO3S/c1-2-7-13-14-9-5-3-8(4-6-9)10(11)12/h3-6H,2,7H2,1H3. The number of hydrogen-bond acceptors (Lipinski definition) is 4. The van der Waals surface area contributed by atoms with Crippen molar-refractivity contribution in [3.8, 4) is 0 Å². The van der Waals surface area contributed by atoms with E-state index in [2.05, 4.69) is 0 Å². The van der Waals surface area contributed by atoms with Crippen LogP contribution in [0.4, 0.5) is 5.69 Å². The molecule has 0 N–H and O–H groups in total. The minimum Gasteiger partial charge on any atom is -0.310 e. The average molecular weight is 213 g/mol. The quantitative estimate of drug-likeness (QED) is 0.326. The smallest absolute Gasteiger partial charge is 0.269 e. The van der Waals surface area contributed by atoms with Crippen LogP contribution in [0.15, 0.2) is 29.2 Å². The third-order valence-electron chi connectivity index (χ3n) is 1.49. The van der Waals surface area contributed by atoms with E-state index in [4.69, 9.17) is 4.18 Å². The summed E-state index contributed by atoms with van der Waals surface area (Å²) < 4.78 is 5.22. The summed E-state index contributed by atoms with van der Waals surface area (Å²) in [5.74, 6) is 0. The van der Waals surface area contributed by atoms with Gasteiger partial charge in [0.1, 0.15) is 0 Å². The SMILES string of the molecule is CCCOSc1ccc([N+](=O)[O-])cc1. The van der Waals surface area contributed by atoms with Crippen molar-refractivity contribution >= 4 is 17.7 Å². The van der Waals surface area contributed by atoms with E-state index in [9.17, 15) is 10.1 Å². The molecule has 1 aromatic rings. The molecule has 0 saturated heterocycles. The van der Waals surface area contributed by atoms with Crippen molar-refractivity contribution in [2.75, 3.05) is 6.61 Å². The molecular formula is C9H11NO3S. The van der Waals surface area contributed by atoms with E-state index in [1.54, 1.807) is 12.1 Å². The van der Waals surface area contributed by atoms with E-state index in [1.165, 1.54) is 24.2 Å². The van der Waals surface area contributed by atoms with E-state index >= 15 is 0 Å². The second-order valence-corrected chi connectivity index (χ2v) is 3.53. The third-order valence-corrected chi connectivity index (χ3v) is 2.24. The van der Waals surface area contributed by atoms with Crippen molar-refractivity contribution in [2.24, 2.45) is 0 Å². The second-order valence-electron chi connectivity index (χ2n) is 2.66. The molecule has 0 unspecified atom stereocenters. The van der Waals surface area contributed by atoms with Gasteiger partial charge in [-0.25, -0.2) is 0 Å². The number of nitro benzene ring substituents is 1. The van der Waals surface area contributed by atoms with E-state index in [0.29, 0.717) is 6.61 Å². The molecule has 0 aliphatic rings. The Labute approximate surface area is 86.6 Å². The van der Waals surface area contributed by atoms with Crippen LogP contribution in [-0.4, -0.2) is 11.5 Å². The zero-order valence-electron chi connectivity index (χ0n) is 7.80. The maximum atomic E-state index is 10.3. The van der Waals surface area contributed by atoms with Crippen molar-refractivity contribution in [1.82, 2.24) is 0 Å². The van der Waals surface area contributed by atoms with Crippen LogP contribution in [0.2, 0.25) is 0 Å². The Morgan fingerprint density at radius 2 is 2.07 bits per heavy atom. The van der Waals surface area contributed by atoms with Crippen LogP contribution >= 0.6 is 12.0 Å². The highest BCUT2D eigenvalue weighted by Gasteiger charge is 2.03. The Morgan fingerprint density at radius 3 is 2.57 bits per heavy atom. The van der Waals surface area contributed by atoms with Gasteiger partial charge in [-0.15, -0.1) is 0 Å². The highest BCUT2D eigenvalue weighted by Crippen LogP contribution is 2.21. The van der Waals surface area contributed by atoms with Gasteiger partial charge < -0.3 is 4.18 Å². The molecule has 0 bridgehead atoms. The zero-order chi connectivity index (χ0) is 10.4. The average Bonchev–Trinajstić information content (AvgIpc) is 2.19. The van der Waals surface area contributed by atoms with Gasteiger partial charge in [-0.3, -0.25) is 10.1 Å². The third kappa shape index (κ3) is 3.35. The van der Waals surface area contributed by atoms with Gasteiger partial charge in [0.05, 0.1) is 11.5 Å². The largest absolute Gasteiger partial charge is 0.310 e. The van der Waals surface area contributed by atoms with Crippen LogP contribution in [0, 0.1) is 10.1 Å². The normalized spacial score (nSPS) is 10.1. The van der Waals surface area contributed by atoms with Crippen molar-refractivity contribution < 1.29 is 9.11 Å². The fourth-order valence-electron chi connectivity index (χ4n) is 0.816. The molecule has 0 spiro atoms. The van der Waals surface area contributed by atoms with Crippen LogP contribution in [-0.2, 0) is 4.18 Å². The maximum Gasteiger partial charge on any atom is 0.269 e. The van der Waals surface area contributed by atoms with Gasteiger partial charge in [-0.1, -0.05) is 6.92 Å². The highest BCUT2D eigenvalue weighted by atomic mass is 32.2. The summed E-state index contributed by atoms with van der Waals surface area (Å²) in [6, 6.07) is 6.30. The molecule has 0 saturated carbocycles. The highest BCUT2D eigenvalue weighted by molar-refractivity contribution is 7.94. The molecule has 76 valence electrons.